The van der Waals surface area contributed by atoms with Crippen LogP contribution in [0.15, 0.2) is 39.2 Å². The lowest BCUT2D eigenvalue weighted by atomic mass is 10.2. The Morgan fingerprint density at radius 1 is 1.21 bits per heavy atom. The van der Waals surface area contributed by atoms with Crippen molar-refractivity contribution in [1.29, 1.82) is 0 Å². The normalized spacial score (nSPS) is 11.4. The summed E-state index contributed by atoms with van der Waals surface area (Å²) >= 11 is 1.77. The van der Waals surface area contributed by atoms with Crippen LogP contribution in [0.2, 0.25) is 0 Å². The monoisotopic (exact) mass is 456 g/mol. The lowest BCUT2D eigenvalue weighted by molar-refractivity contribution is 0.392. The van der Waals surface area contributed by atoms with E-state index in [0.29, 0.717) is 6.54 Å². The summed E-state index contributed by atoms with van der Waals surface area (Å²) in [6.45, 7) is 5.25. The van der Waals surface area contributed by atoms with Gasteiger partial charge in [0.1, 0.15) is 5.76 Å². The van der Waals surface area contributed by atoms with Gasteiger partial charge in [0.05, 0.1) is 5.69 Å². The first-order valence-corrected chi connectivity index (χ1v) is 8.38. The van der Waals surface area contributed by atoms with E-state index >= 15 is 0 Å². The number of thiophene rings is 1. The van der Waals surface area contributed by atoms with E-state index in [1.54, 1.807) is 18.4 Å². The maximum absolute atomic E-state index is 5.18. The van der Waals surface area contributed by atoms with Gasteiger partial charge in [0.15, 0.2) is 5.96 Å². The molecular weight excluding hydrogens is 435 g/mol. The average Bonchev–Trinajstić information content (AvgIpc) is 3.12. The third-order valence-electron chi connectivity index (χ3n) is 3.84. The Kier molecular flexibility index (Phi) is 6.61. The van der Waals surface area contributed by atoms with Gasteiger partial charge in [-0.2, -0.15) is 0 Å². The Labute approximate surface area is 162 Å². The predicted molar refractivity (Wildman–Crippen MR) is 110 cm³/mol. The van der Waals surface area contributed by atoms with E-state index in [9.17, 15) is 0 Å². The number of hydrogen-bond donors (Lipinski definition) is 2. The Hall–Kier alpha value is -1.61. The number of fused-ring (bicyclic) bond motifs is 1. The molecule has 0 saturated carbocycles. The van der Waals surface area contributed by atoms with Crippen LogP contribution in [-0.4, -0.2) is 18.2 Å². The number of nitrogens with zero attached hydrogens (tertiary/aromatic N) is 2. The minimum atomic E-state index is 0. The second-order valence-electron chi connectivity index (χ2n) is 5.34. The van der Waals surface area contributed by atoms with Crippen molar-refractivity contribution in [3.05, 3.63) is 52.2 Å². The number of rotatable bonds is 4. The molecule has 2 aromatic heterocycles. The molecule has 0 aliphatic carbocycles. The van der Waals surface area contributed by atoms with Crippen molar-refractivity contribution in [3.63, 3.8) is 0 Å². The van der Waals surface area contributed by atoms with Gasteiger partial charge in [-0.1, -0.05) is 23.4 Å². The summed E-state index contributed by atoms with van der Waals surface area (Å²) in [6, 6.07) is 8.44. The zero-order chi connectivity index (χ0) is 16.2. The highest BCUT2D eigenvalue weighted by Gasteiger charge is 2.10. The standard InChI is InChI=1S/C17H20N4OS.HI/c1-11-15(12(2)22-21-11)9-20-17(18-3)19-8-13-10-23-16-7-5-4-6-14(13)16;/h4-7,10H,8-9H2,1-3H3,(H2,18,19,20);1H. The van der Waals surface area contributed by atoms with Crippen LogP contribution < -0.4 is 10.6 Å². The number of aromatic nitrogens is 1. The zero-order valence-electron chi connectivity index (χ0n) is 13.9. The summed E-state index contributed by atoms with van der Waals surface area (Å²) in [7, 11) is 1.77. The summed E-state index contributed by atoms with van der Waals surface area (Å²) in [5.74, 6) is 1.61. The minimum absolute atomic E-state index is 0. The Morgan fingerprint density at radius 2 is 1.96 bits per heavy atom. The highest BCUT2D eigenvalue weighted by molar-refractivity contribution is 14.0. The number of halogens is 1. The van der Waals surface area contributed by atoms with Crippen molar-refractivity contribution >= 4 is 51.4 Å². The molecule has 2 heterocycles. The van der Waals surface area contributed by atoms with Gasteiger partial charge >= 0.3 is 0 Å². The molecule has 0 saturated heterocycles. The maximum atomic E-state index is 5.18. The zero-order valence-corrected chi connectivity index (χ0v) is 17.1. The molecule has 0 amide bonds. The van der Waals surface area contributed by atoms with Crippen molar-refractivity contribution in [2.24, 2.45) is 4.99 Å². The highest BCUT2D eigenvalue weighted by Crippen LogP contribution is 2.25. The first-order valence-electron chi connectivity index (χ1n) is 7.50. The first-order chi connectivity index (χ1) is 11.2. The average molecular weight is 456 g/mol. The maximum Gasteiger partial charge on any atom is 0.191 e. The number of aliphatic imine (C=N–C) groups is 1. The molecule has 0 aliphatic rings. The fourth-order valence-corrected chi connectivity index (χ4v) is 3.46. The summed E-state index contributed by atoms with van der Waals surface area (Å²) in [5.41, 5.74) is 3.27. The summed E-state index contributed by atoms with van der Waals surface area (Å²) < 4.78 is 6.49. The third-order valence-corrected chi connectivity index (χ3v) is 4.86. The molecule has 0 fully saturated rings. The van der Waals surface area contributed by atoms with Crippen molar-refractivity contribution in [3.8, 4) is 0 Å². The molecule has 3 rings (SSSR count). The molecule has 0 bridgehead atoms. The smallest absolute Gasteiger partial charge is 0.191 e. The van der Waals surface area contributed by atoms with Gasteiger partial charge in [-0.15, -0.1) is 35.3 Å². The molecule has 0 spiro atoms. The third kappa shape index (κ3) is 4.07. The van der Waals surface area contributed by atoms with Gasteiger partial charge in [-0.05, 0) is 36.2 Å². The van der Waals surface area contributed by atoms with Crippen molar-refractivity contribution in [2.75, 3.05) is 7.05 Å². The van der Waals surface area contributed by atoms with Crippen molar-refractivity contribution < 1.29 is 4.52 Å². The lowest BCUT2D eigenvalue weighted by Gasteiger charge is -2.11. The Bertz CT molecular complexity index is 821. The number of hydrogen-bond acceptors (Lipinski definition) is 4. The molecule has 7 heteroatoms. The van der Waals surface area contributed by atoms with E-state index in [4.69, 9.17) is 4.52 Å². The SMILES string of the molecule is CN=C(NCc1c(C)noc1C)NCc1csc2ccccc12.I. The molecule has 0 atom stereocenters. The van der Waals surface area contributed by atoms with Crippen LogP contribution in [0.1, 0.15) is 22.6 Å². The molecule has 0 aliphatic heterocycles. The number of aryl methyl sites for hydroxylation is 2. The van der Waals surface area contributed by atoms with Gasteiger partial charge in [-0.25, -0.2) is 0 Å². The van der Waals surface area contributed by atoms with Crippen LogP contribution in [-0.2, 0) is 13.1 Å². The van der Waals surface area contributed by atoms with Crippen LogP contribution in [0.3, 0.4) is 0 Å². The van der Waals surface area contributed by atoms with Crippen LogP contribution in [0.5, 0.6) is 0 Å². The molecule has 2 N–H and O–H groups in total. The molecule has 3 aromatic rings. The first kappa shape index (κ1) is 18.7. The van der Waals surface area contributed by atoms with E-state index < -0.39 is 0 Å². The van der Waals surface area contributed by atoms with Crippen LogP contribution in [0, 0.1) is 13.8 Å². The fourth-order valence-electron chi connectivity index (χ4n) is 2.50. The summed E-state index contributed by atoms with van der Waals surface area (Å²) in [4.78, 5) is 4.27. The number of guanidine groups is 1. The molecule has 0 radical (unpaired) electrons. The summed E-state index contributed by atoms with van der Waals surface area (Å²) in [6.07, 6.45) is 0. The second-order valence-corrected chi connectivity index (χ2v) is 6.25. The molecule has 128 valence electrons. The number of nitrogens with one attached hydrogen (secondary N) is 2. The van der Waals surface area contributed by atoms with Crippen LogP contribution >= 0.6 is 35.3 Å². The fraction of sp³-hybridized carbons (Fsp3) is 0.294. The van der Waals surface area contributed by atoms with Gasteiger partial charge < -0.3 is 15.2 Å². The molecule has 24 heavy (non-hydrogen) atoms. The topological polar surface area (TPSA) is 62.5 Å². The lowest BCUT2D eigenvalue weighted by Crippen LogP contribution is -2.36. The second kappa shape index (κ2) is 8.48. The van der Waals surface area contributed by atoms with E-state index in [0.717, 1.165) is 29.5 Å². The molecule has 5 nitrogen and oxygen atoms in total. The van der Waals surface area contributed by atoms with E-state index in [-0.39, 0.29) is 24.0 Å². The van der Waals surface area contributed by atoms with Gasteiger partial charge in [-0.3, -0.25) is 4.99 Å². The van der Waals surface area contributed by atoms with Crippen molar-refractivity contribution in [2.45, 2.75) is 26.9 Å². The molecule has 1 aromatic carbocycles. The molecule has 0 unspecified atom stereocenters. The summed E-state index contributed by atoms with van der Waals surface area (Å²) in [5, 5.41) is 14.1. The van der Waals surface area contributed by atoms with Gasteiger partial charge in [0, 0.05) is 30.4 Å². The predicted octanol–water partition coefficient (Wildman–Crippen LogP) is 3.99. The van der Waals surface area contributed by atoms with Crippen LogP contribution in [0.4, 0.5) is 0 Å². The minimum Gasteiger partial charge on any atom is -0.361 e. The Balaban J connectivity index is 0.00000208. The number of benzene rings is 1. The van der Waals surface area contributed by atoms with Crippen LogP contribution in [0.25, 0.3) is 10.1 Å². The highest BCUT2D eigenvalue weighted by atomic mass is 127. The largest absolute Gasteiger partial charge is 0.361 e. The van der Waals surface area contributed by atoms with E-state index in [1.165, 1.54) is 15.6 Å². The van der Waals surface area contributed by atoms with Gasteiger partial charge in [0.25, 0.3) is 0 Å². The Morgan fingerprint density at radius 3 is 2.67 bits per heavy atom. The van der Waals surface area contributed by atoms with Gasteiger partial charge in [0.2, 0.25) is 0 Å². The van der Waals surface area contributed by atoms with E-state index in [1.807, 2.05) is 13.8 Å². The quantitative estimate of drug-likeness (QED) is 0.354. The molecular formula is C17H21IN4OS. The van der Waals surface area contributed by atoms with Crippen molar-refractivity contribution in [1.82, 2.24) is 15.8 Å². The van der Waals surface area contributed by atoms with E-state index in [2.05, 4.69) is 50.4 Å².